The van der Waals surface area contributed by atoms with Crippen LogP contribution in [-0.2, 0) is 4.74 Å². The van der Waals surface area contributed by atoms with Crippen LogP contribution in [0, 0.1) is 5.41 Å². The third-order valence-corrected chi connectivity index (χ3v) is 5.56. The molecule has 19 heavy (non-hydrogen) atoms. The van der Waals surface area contributed by atoms with Gasteiger partial charge in [0.25, 0.3) is 0 Å². The highest BCUT2D eigenvalue weighted by Gasteiger charge is 2.35. The van der Waals surface area contributed by atoms with Crippen molar-refractivity contribution in [2.75, 3.05) is 26.2 Å². The third kappa shape index (κ3) is 3.14. The van der Waals surface area contributed by atoms with Crippen LogP contribution in [0.5, 0.6) is 0 Å². The van der Waals surface area contributed by atoms with Crippen molar-refractivity contribution >= 4 is 0 Å². The van der Waals surface area contributed by atoms with E-state index in [-0.39, 0.29) is 0 Å². The molecule has 3 unspecified atom stereocenters. The zero-order valence-corrected chi connectivity index (χ0v) is 12.7. The van der Waals surface area contributed by atoms with Crippen molar-refractivity contribution in [3.63, 3.8) is 0 Å². The van der Waals surface area contributed by atoms with Crippen LogP contribution < -0.4 is 5.32 Å². The van der Waals surface area contributed by atoms with E-state index < -0.39 is 0 Å². The highest BCUT2D eigenvalue weighted by molar-refractivity contribution is 4.90. The first-order chi connectivity index (χ1) is 9.15. The summed E-state index contributed by atoms with van der Waals surface area (Å²) in [5.41, 5.74) is 0.461. The van der Waals surface area contributed by atoms with Crippen molar-refractivity contribution < 1.29 is 4.74 Å². The molecule has 3 aliphatic rings. The van der Waals surface area contributed by atoms with E-state index >= 15 is 0 Å². The highest BCUT2D eigenvalue weighted by atomic mass is 16.5. The normalized spacial score (nSPS) is 39.2. The Morgan fingerprint density at radius 1 is 1.21 bits per heavy atom. The Labute approximate surface area is 118 Å². The molecule has 110 valence electrons. The first-order valence-electron chi connectivity index (χ1n) is 8.24. The summed E-state index contributed by atoms with van der Waals surface area (Å²) in [4.78, 5) is 2.64. The van der Waals surface area contributed by atoms with Crippen LogP contribution in [0.4, 0.5) is 0 Å². The smallest absolute Gasteiger partial charge is 0.0827 e. The molecule has 2 aliphatic heterocycles. The topological polar surface area (TPSA) is 24.5 Å². The van der Waals surface area contributed by atoms with E-state index in [1.165, 1.54) is 45.1 Å². The minimum atomic E-state index is 0.409. The van der Waals surface area contributed by atoms with E-state index in [9.17, 15) is 0 Å². The Balaban J connectivity index is 1.47. The molecule has 0 bridgehead atoms. The van der Waals surface area contributed by atoms with Gasteiger partial charge in [-0.2, -0.15) is 0 Å². The molecule has 3 fully saturated rings. The molecule has 1 aliphatic carbocycles. The molecule has 3 atom stereocenters. The number of nitrogens with zero attached hydrogens (tertiary/aromatic N) is 1. The molecule has 3 heteroatoms. The first kappa shape index (κ1) is 13.8. The van der Waals surface area contributed by atoms with Gasteiger partial charge in [-0.05, 0) is 37.6 Å². The summed E-state index contributed by atoms with van der Waals surface area (Å²) in [7, 11) is 0. The lowest BCUT2D eigenvalue weighted by Crippen LogP contribution is -2.53. The van der Waals surface area contributed by atoms with Gasteiger partial charge in [-0.3, -0.25) is 4.90 Å². The minimum absolute atomic E-state index is 0.409. The van der Waals surface area contributed by atoms with Gasteiger partial charge in [0, 0.05) is 25.2 Å². The van der Waals surface area contributed by atoms with Crippen molar-refractivity contribution in [1.82, 2.24) is 10.2 Å². The van der Waals surface area contributed by atoms with Crippen LogP contribution in [0.15, 0.2) is 0 Å². The zero-order valence-electron chi connectivity index (χ0n) is 12.7. The Kier molecular flexibility index (Phi) is 4.16. The molecule has 0 spiro atoms. The number of nitrogens with one attached hydrogen (secondary N) is 1. The second kappa shape index (κ2) is 5.71. The maximum Gasteiger partial charge on any atom is 0.0827 e. The summed E-state index contributed by atoms with van der Waals surface area (Å²) in [5.74, 6) is 0. The molecule has 3 nitrogen and oxygen atoms in total. The Hall–Kier alpha value is -0.120. The van der Waals surface area contributed by atoms with Crippen LogP contribution in [0.1, 0.15) is 52.4 Å². The van der Waals surface area contributed by atoms with E-state index in [0.29, 0.717) is 17.6 Å². The average molecular weight is 266 g/mol. The standard InChI is InChI=1S/C16H30N2O/c1-16(2)8-4-3-7-15(16)17-10-14-11-18-9-5-6-13(18)12-19-14/h13-15,17H,3-12H2,1-2H3. The van der Waals surface area contributed by atoms with E-state index in [1.54, 1.807) is 0 Å². The Morgan fingerprint density at radius 3 is 2.95 bits per heavy atom. The molecule has 0 aromatic heterocycles. The summed E-state index contributed by atoms with van der Waals surface area (Å²) >= 11 is 0. The summed E-state index contributed by atoms with van der Waals surface area (Å²) in [6.45, 7) is 9.27. The van der Waals surface area contributed by atoms with Crippen molar-refractivity contribution in [2.24, 2.45) is 5.41 Å². The lowest BCUT2D eigenvalue weighted by molar-refractivity contribution is -0.0499. The van der Waals surface area contributed by atoms with Gasteiger partial charge in [0.05, 0.1) is 12.7 Å². The van der Waals surface area contributed by atoms with Gasteiger partial charge >= 0.3 is 0 Å². The van der Waals surface area contributed by atoms with E-state index in [1.807, 2.05) is 0 Å². The second-order valence-electron chi connectivity index (χ2n) is 7.44. The third-order valence-electron chi connectivity index (χ3n) is 5.56. The number of hydrogen-bond donors (Lipinski definition) is 1. The summed E-state index contributed by atoms with van der Waals surface area (Å²) < 4.78 is 6.05. The van der Waals surface area contributed by atoms with Gasteiger partial charge in [-0.1, -0.05) is 26.7 Å². The van der Waals surface area contributed by atoms with Crippen molar-refractivity contribution in [1.29, 1.82) is 0 Å². The summed E-state index contributed by atoms with van der Waals surface area (Å²) in [5, 5.41) is 3.81. The van der Waals surface area contributed by atoms with Crippen LogP contribution in [-0.4, -0.2) is 49.3 Å². The zero-order chi connectivity index (χ0) is 13.3. The molecule has 0 amide bonds. The van der Waals surface area contributed by atoms with Gasteiger partial charge in [-0.25, -0.2) is 0 Å². The number of fused-ring (bicyclic) bond motifs is 1. The predicted octanol–water partition coefficient (Wildman–Crippen LogP) is 2.41. The molecule has 0 aromatic carbocycles. The van der Waals surface area contributed by atoms with Gasteiger partial charge in [0.1, 0.15) is 0 Å². The van der Waals surface area contributed by atoms with E-state index in [2.05, 4.69) is 24.1 Å². The van der Waals surface area contributed by atoms with Crippen molar-refractivity contribution in [3.8, 4) is 0 Å². The fourth-order valence-corrected chi connectivity index (χ4v) is 4.16. The molecule has 1 N–H and O–H groups in total. The molecular weight excluding hydrogens is 236 g/mol. The molecule has 3 rings (SSSR count). The number of rotatable bonds is 3. The van der Waals surface area contributed by atoms with Crippen molar-refractivity contribution in [3.05, 3.63) is 0 Å². The van der Waals surface area contributed by atoms with E-state index in [4.69, 9.17) is 4.74 Å². The van der Waals surface area contributed by atoms with Gasteiger partial charge in [0.15, 0.2) is 0 Å². The Morgan fingerprint density at radius 2 is 2.11 bits per heavy atom. The number of morpholine rings is 1. The summed E-state index contributed by atoms with van der Waals surface area (Å²) in [6.07, 6.45) is 8.62. The quantitative estimate of drug-likeness (QED) is 0.849. The lowest BCUT2D eigenvalue weighted by atomic mass is 9.73. The molecule has 2 heterocycles. The molecule has 0 aromatic rings. The molecular formula is C16H30N2O. The molecule has 0 radical (unpaired) electrons. The fourth-order valence-electron chi connectivity index (χ4n) is 4.16. The maximum absolute atomic E-state index is 6.05. The SMILES string of the molecule is CC1(C)CCCCC1NCC1CN2CCCC2CO1. The molecule has 2 saturated heterocycles. The van der Waals surface area contributed by atoms with Crippen LogP contribution >= 0.6 is 0 Å². The monoisotopic (exact) mass is 266 g/mol. The van der Waals surface area contributed by atoms with Crippen molar-refractivity contribution in [2.45, 2.75) is 70.6 Å². The second-order valence-corrected chi connectivity index (χ2v) is 7.44. The van der Waals surface area contributed by atoms with Gasteiger partial charge < -0.3 is 10.1 Å². The molecule has 1 saturated carbocycles. The minimum Gasteiger partial charge on any atom is -0.374 e. The van der Waals surface area contributed by atoms with E-state index in [0.717, 1.165) is 25.7 Å². The first-order valence-corrected chi connectivity index (χ1v) is 8.24. The maximum atomic E-state index is 6.05. The van der Waals surface area contributed by atoms with Gasteiger partial charge in [0.2, 0.25) is 0 Å². The number of hydrogen-bond acceptors (Lipinski definition) is 3. The largest absolute Gasteiger partial charge is 0.374 e. The average Bonchev–Trinajstić information content (AvgIpc) is 2.84. The Bertz CT molecular complexity index is 305. The lowest BCUT2D eigenvalue weighted by Gasteiger charge is -2.41. The fraction of sp³-hybridized carbons (Fsp3) is 1.00. The predicted molar refractivity (Wildman–Crippen MR) is 78.4 cm³/mol. The van der Waals surface area contributed by atoms with Crippen LogP contribution in [0.25, 0.3) is 0 Å². The van der Waals surface area contributed by atoms with Crippen LogP contribution in [0.3, 0.4) is 0 Å². The number of ether oxygens (including phenoxy) is 1. The summed E-state index contributed by atoms with van der Waals surface area (Å²) in [6, 6.07) is 1.41. The highest BCUT2D eigenvalue weighted by Crippen LogP contribution is 2.35. The van der Waals surface area contributed by atoms with Gasteiger partial charge in [-0.15, -0.1) is 0 Å². The van der Waals surface area contributed by atoms with Crippen LogP contribution in [0.2, 0.25) is 0 Å².